The van der Waals surface area contributed by atoms with Crippen molar-refractivity contribution in [2.45, 2.75) is 45.8 Å². The van der Waals surface area contributed by atoms with Crippen LogP contribution >= 0.6 is 0 Å². The molecule has 0 saturated heterocycles. The number of aliphatic hydroxyl groups excluding tert-OH is 1. The van der Waals surface area contributed by atoms with Crippen molar-refractivity contribution >= 4 is 11.6 Å². The number of para-hydroxylation sites is 1. The van der Waals surface area contributed by atoms with Crippen molar-refractivity contribution in [2.24, 2.45) is 5.92 Å². The number of nitrogens with zero attached hydrogens (tertiary/aromatic N) is 1. The van der Waals surface area contributed by atoms with Gasteiger partial charge < -0.3 is 15.3 Å². The number of anilines is 1. The lowest BCUT2D eigenvalue weighted by Crippen LogP contribution is -2.39. The first-order valence-corrected chi connectivity index (χ1v) is 7.78. The number of hydrogen-bond acceptors (Lipinski definition) is 3. The normalized spacial score (nSPS) is 18.7. The number of aliphatic hydroxyl groups is 1. The summed E-state index contributed by atoms with van der Waals surface area (Å²) >= 11 is 0. The zero-order chi connectivity index (χ0) is 15.4. The molecule has 0 radical (unpaired) electrons. The Morgan fingerprint density at radius 3 is 2.86 bits per heavy atom. The van der Waals surface area contributed by atoms with Crippen LogP contribution in [0.15, 0.2) is 24.3 Å². The third-order valence-electron chi connectivity index (χ3n) is 4.19. The highest BCUT2D eigenvalue weighted by molar-refractivity contribution is 5.76. The molecule has 2 rings (SSSR count). The molecule has 2 atom stereocenters. The first-order chi connectivity index (χ1) is 9.99. The van der Waals surface area contributed by atoms with Gasteiger partial charge in [0.15, 0.2) is 0 Å². The molecular formula is C17H26N2O2. The fraction of sp³-hybridized carbons (Fsp3) is 0.588. The first kappa shape index (κ1) is 15.8. The molecule has 1 heterocycles. The van der Waals surface area contributed by atoms with Gasteiger partial charge in [-0.05, 0) is 30.9 Å². The Hall–Kier alpha value is -1.55. The Kier molecular flexibility index (Phi) is 5.23. The molecule has 0 spiro atoms. The van der Waals surface area contributed by atoms with Crippen molar-refractivity contribution in [1.82, 2.24) is 5.32 Å². The second kappa shape index (κ2) is 6.94. The molecule has 1 aliphatic rings. The van der Waals surface area contributed by atoms with Crippen LogP contribution in [-0.4, -0.2) is 36.2 Å². The van der Waals surface area contributed by atoms with E-state index in [4.69, 9.17) is 0 Å². The summed E-state index contributed by atoms with van der Waals surface area (Å²) in [6.45, 7) is 7.47. The molecule has 0 fully saturated rings. The van der Waals surface area contributed by atoms with Gasteiger partial charge in [0.05, 0.1) is 12.5 Å². The van der Waals surface area contributed by atoms with E-state index in [0.29, 0.717) is 12.6 Å². The zero-order valence-electron chi connectivity index (χ0n) is 13.2. The summed E-state index contributed by atoms with van der Waals surface area (Å²) in [6.07, 6.45) is 0.691. The molecule has 0 bridgehead atoms. The van der Waals surface area contributed by atoms with Gasteiger partial charge in [0.2, 0.25) is 5.91 Å². The molecule has 0 aromatic heterocycles. The highest BCUT2D eigenvalue weighted by Gasteiger charge is 2.25. The molecule has 21 heavy (non-hydrogen) atoms. The van der Waals surface area contributed by atoms with Crippen molar-refractivity contribution < 1.29 is 9.90 Å². The lowest BCUT2D eigenvalue weighted by molar-refractivity contribution is -0.123. The third-order valence-corrected chi connectivity index (χ3v) is 4.19. The number of rotatable bonds is 6. The van der Waals surface area contributed by atoms with E-state index >= 15 is 0 Å². The number of fused-ring (bicyclic) bond motifs is 1. The van der Waals surface area contributed by atoms with Crippen LogP contribution in [0.2, 0.25) is 0 Å². The molecule has 116 valence electrons. The van der Waals surface area contributed by atoms with Gasteiger partial charge in [0.1, 0.15) is 0 Å². The van der Waals surface area contributed by atoms with E-state index in [1.165, 1.54) is 11.3 Å². The lowest BCUT2D eigenvalue weighted by Gasteiger charge is -2.25. The van der Waals surface area contributed by atoms with Crippen LogP contribution in [-0.2, 0) is 11.2 Å². The van der Waals surface area contributed by atoms with Crippen LogP contribution in [0.5, 0.6) is 0 Å². The van der Waals surface area contributed by atoms with Crippen molar-refractivity contribution in [3.05, 3.63) is 29.8 Å². The second-order valence-corrected chi connectivity index (χ2v) is 6.24. The molecule has 2 unspecified atom stereocenters. The molecule has 0 saturated carbocycles. The van der Waals surface area contributed by atoms with Crippen molar-refractivity contribution in [1.29, 1.82) is 0 Å². The van der Waals surface area contributed by atoms with Gasteiger partial charge in [-0.2, -0.15) is 0 Å². The van der Waals surface area contributed by atoms with Gasteiger partial charge in [-0.3, -0.25) is 4.79 Å². The predicted molar refractivity (Wildman–Crippen MR) is 85.4 cm³/mol. The summed E-state index contributed by atoms with van der Waals surface area (Å²) in [5, 5.41) is 12.6. The largest absolute Gasteiger partial charge is 0.392 e. The molecule has 1 aromatic carbocycles. The quantitative estimate of drug-likeness (QED) is 0.842. The molecule has 2 N–H and O–H groups in total. The maximum absolute atomic E-state index is 11.8. The molecule has 1 aliphatic heterocycles. The zero-order valence-corrected chi connectivity index (χ0v) is 13.2. The maximum atomic E-state index is 11.8. The van der Waals surface area contributed by atoms with Gasteiger partial charge >= 0.3 is 0 Å². The maximum Gasteiger partial charge on any atom is 0.222 e. The van der Waals surface area contributed by atoms with Crippen LogP contribution in [0, 0.1) is 5.92 Å². The molecule has 1 amide bonds. The Bertz CT molecular complexity index is 487. The lowest BCUT2D eigenvalue weighted by atomic mass is 10.0. The van der Waals surface area contributed by atoms with E-state index in [1.54, 1.807) is 0 Å². The van der Waals surface area contributed by atoms with E-state index in [1.807, 2.05) is 13.8 Å². The molecule has 4 nitrogen and oxygen atoms in total. The SMILES string of the molecule is CC(C)C(O)CC(=O)NCCN1c2ccccc2CC1C. The second-order valence-electron chi connectivity index (χ2n) is 6.24. The first-order valence-electron chi connectivity index (χ1n) is 7.78. The fourth-order valence-electron chi connectivity index (χ4n) is 2.78. The summed E-state index contributed by atoms with van der Waals surface area (Å²) < 4.78 is 0. The highest BCUT2D eigenvalue weighted by atomic mass is 16.3. The number of nitrogens with one attached hydrogen (secondary N) is 1. The van der Waals surface area contributed by atoms with E-state index in [-0.39, 0.29) is 18.2 Å². The number of hydrogen-bond donors (Lipinski definition) is 2. The summed E-state index contributed by atoms with van der Waals surface area (Å²) in [5.74, 6) is 0.0394. The predicted octanol–water partition coefficient (Wildman–Crippen LogP) is 1.96. The summed E-state index contributed by atoms with van der Waals surface area (Å²) in [7, 11) is 0. The summed E-state index contributed by atoms with van der Waals surface area (Å²) in [5.41, 5.74) is 2.66. The van der Waals surface area contributed by atoms with Crippen molar-refractivity contribution in [3.63, 3.8) is 0 Å². The average molecular weight is 290 g/mol. The minimum Gasteiger partial charge on any atom is -0.392 e. The molecule has 1 aromatic rings. The topological polar surface area (TPSA) is 52.6 Å². The van der Waals surface area contributed by atoms with Crippen molar-refractivity contribution in [3.8, 4) is 0 Å². The summed E-state index contributed by atoms with van der Waals surface area (Å²) in [6, 6.07) is 8.92. The fourth-order valence-corrected chi connectivity index (χ4v) is 2.78. The Balaban J connectivity index is 1.80. The number of amides is 1. The minimum atomic E-state index is -0.559. The van der Waals surface area contributed by atoms with E-state index < -0.39 is 6.10 Å². The van der Waals surface area contributed by atoms with Gasteiger partial charge in [-0.15, -0.1) is 0 Å². The van der Waals surface area contributed by atoms with Crippen LogP contribution < -0.4 is 10.2 Å². The Morgan fingerprint density at radius 2 is 2.14 bits per heavy atom. The summed E-state index contributed by atoms with van der Waals surface area (Å²) in [4.78, 5) is 14.1. The van der Waals surface area contributed by atoms with E-state index in [0.717, 1.165) is 13.0 Å². The Labute approximate surface area is 127 Å². The third kappa shape index (κ3) is 3.97. The van der Waals surface area contributed by atoms with Gasteiger partial charge in [0.25, 0.3) is 0 Å². The standard InChI is InChI=1S/C17H26N2O2/c1-12(2)16(20)11-17(21)18-8-9-19-13(3)10-14-6-4-5-7-15(14)19/h4-7,12-13,16,20H,8-11H2,1-3H3,(H,18,21). The van der Waals surface area contributed by atoms with Gasteiger partial charge in [0, 0.05) is 24.8 Å². The van der Waals surface area contributed by atoms with Gasteiger partial charge in [-0.1, -0.05) is 32.0 Å². The molecule has 0 aliphatic carbocycles. The van der Waals surface area contributed by atoms with Crippen LogP contribution in [0.25, 0.3) is 0 Å². The molecular weight excluding hydrogens is 264 g/mol. The van der Waals surface area contributed by atoms with Crippen LogP contribution in [0.3, 0.4) is 0 Å². The van der Waals surface area contributed by atoms with E-state index in [2.05, 4.69) is 41.4 Å². The number of benzene rings is 1. The Morgan fingerprint density at radius 1 is 1.43 bits per heavy atom. The highest BCUT2D eigenvalue weighted by Crippen LogP contribution is 2.31. The van der Waals surface area contributed by atoms with Crippen molar-refractivity contribution in [2.75, 3.05) is 18.0 Å². The molecule has 4 heteroatoms. The van der Waals surface area contributed by atoms with Gasteiger partial charge in [-0.25, -0.2) is 0 Å². The monoisotopic (exact) mass is 290 g/mol. The van der Waals surface area contributed by atoms with Crippen LogP contribution in [0.4, 0.5) is 5.69 Å². The number of carbonyl (C=O) groups excluding carboxylic acids is 1. The van der Waals surface area contributed by atoms with E-state index in [9.17, 15) is 9.90 Å². The smallest absolute Gasteiger partial charge is 0.222 e. The number of carbonyl (C=O) groups is 1. The average Bonchev–Trinajstić information content (AvgIpc) is 2.75. The minimum absolute atomic E-state index is 0.0728. The van der Waals surface area contributed by atoms with Crippen LogP contribution in [0.1, 0.15) is 32.8 Å².